The fourth-order valence-electron chi connectivity index (χ4n) is 5.02. The smallest absolute Gasteiger partial charge is 0.260 e. The first-order valence-corrected chi connectivity index (χ1v) is 14.9. The summed E-state index contributed by atoms with van der Waals surface area (Å²) in [6.07, 6.45) is 8.38. The van der Waals surface area contributed by atoms with Gasteiger partial charge in [0.15, 0.2) is 6.33 Å². The number of aromatic nitrogens is 6. The number of hydrogen-bond acceptors (Lipinski definition) is 9. The maximum Gasteiger partial charge on any atom is 0.260 e. The highest BCUT2D eigenvalue weighted by Gasteiger charge is 2.34. The summed E-state index contributed by atoms with van der Waals surface area (Å²) in [5, 5.41) is 12.1. The van der Waals surface area contributed by atoms with Crippen molar-refractivity contribution in [1.29, 1.82) is 0 Å². The highest BCUT2D eigenvalue weighted by Crippen LogP contribution is 2.34. The van der Waals surface area contributed by atoms with E-state index in [2.05, 4.69) is 39.2 Å². The van der Waals surface area contributed by atoms with Crippen LogP contribution in [0, 0.1) is 5.82 Å². The van der Waals surface area contributed by atoms with Gasteiger partial charge in [0.2, 0.25) is 5.91 Å². The Balaban J connectivity index is 0.000000337. The van der Waals surface area contributed by atoms with Crippen LogP contribution >= 0.6 is 0 Å². The van der Waals surface area contributed by atoms with Crippen LogP contribution in [0.25, 0.3) is 22.7 Å². The van der Waals surface area contributed by atoms with Gasteiger partial charge >= 0.3 is 0 Å². The second kappa shape index (κ2) is 13.2. The van der Waals surface area contributed by atoms with Crippen molar-refractivity contribution in [3.8, 4) is 34.2 Å². The van der Waals surface area contributed by atoms with Gasteiger partial charge in [-0.3, -0.25) is 14.2 Å². The minimum absolute atomic E-state index is 0.0150. The van der Waals surface area contributed by atoms with E-state index in [4.69, 9.17) is 9.26 Å². The third-order valence-electron chi connectivity index (χ3n) is 7.63. The van der Waals surface area contributed by atoms with Gasteiger partial charge in [-0.05, 0) is 73.7 Å². The number of likely N-dealkylation sites (tertiary alicyclic amines) is 1. The van der Waals surface area contributed by atoms with Gasteiger partial charge in [-0.25, -0.2) is 9.37 Å². The molecule has 0 spiro atoms. The zero-order valence-corrected chi connectivity index (χ0v) is 25.0. The number of rotatable bonds is 8. The highest BCUT2D eigenvalue weighted by atomic mass is 19.1. The van der Waals surface area contributed by atoms with Crippen molar-refractivity contribution >= 4 is 5.91 Å². The molecule has 2 aliphatic rings. The Morgan fingerprint density at radius 1 is 1.04 bits per heavy atom. The Kier molecular flexibility index (Phi) is 8.72. The number of carbonyl (C=O) groups excluding carboxylic acids is 1. The average molecular weight is 610 g/mol. The van der Waals surface area contributed by atoms with Crippen LogP contribution in [0.4, 0.5) is 4.39 Å². The molecule has 11 nitrogen and oxygen atoms in total. The Hall–Kier alpha value is -5.26. The average Bonchev–Trinajstić information content (AvgIpc) is 3.55. The van der Waals surface area contributed by atoms with Gasteiger partial charge in [-0.2, -0.15) is 15.2 Å². The zero-order valence-electron chi connectivity index (χ0n) is 25.0. The number of hydrogen-bond donors (Lipinski definition) is 0. The molecule has 3 aromatic heterocycles. The van der Waals surface area contributed by atoms with E-state index in [9.17, 15) is 14.0 Å². The van der Waals surface area contributed by atoms with Crippen LogP contribution in [-0.2, 0) is 11.3 Å². The molecule has 1 amide bonds. The summed E-state index contributed by atoms with van der Waals surface area (Å²) in [7, 11) is 0. The summed E-state index contributed by atoms with van der Waals surface area (Å²) in [5.41, 5.74) is 2.78. The van der Waals surface area contributed by atoms with E-state index in [-0.39, 0.29) is 23.6 Å². The molecule has 7 rings (SSSR count). The number of benzene rings is 2. The predicted octanol–water partition coefficient (Wildman–Crippen LogP) is 5.62. The first-order chi connectivity index (χ1) is 21.9. The molecule has 1 aliphatic heterocycles. The molecule has 4 heterocycles. The van der Waals surface area contributed by atoms with E-state index in [1.54, 1.807) is 12.1 Å². The monoisotopic (exact) mass is 609 g/mol. The van der Waals surface area contributed by atoms with Gasteiger partial charge in [0.25, 0.3) is 11.4 Å². The summed E-state index contributed by atoms with van der Waals surface area (Å²) < 4.78 is 27.5. The van der Waals surface area contributed by atoms with E-state index in [0.29, 0.717) is 34.9 Å². The van der Waals surface area contributed by atoms with E-state index in [1.165, 1.54) is 54.5 Å². The van der Waals surface area contributed by atoms with Crippen LogP contribution < -0.4 is 10.3 Å². The van der Waals surface area contributed by atoms with Crippen LogP contribution in [0.15, 0.2) is 82.8 Å². The summed E-state index contributed by atoms with van der Waals surface area (Å²) in [5.74, 6) is 0.949. The first kappa shape index (κ1) is 29.8. The highest BCUT2D eigenvalue weighted by molar-refractivity contribution is 5.78. The van der Waals surface area contributed by atoms with Gasteiger partial charge in [0, 0.05) is 42.4 Å². The normalized spacial score (nSPS) is 14.4. The molecule has 230 valence electrons. The van der Waals surface area contributed by atoms with E-state index in [0.717, 1.165) is 36.3 Å². The molecule has 45 heavy (non-hydrogen) atoms. The van der Waals surface area contributed by atoms with Crippen LogP contribution in [0.2, 0.25) is 0 Å². The van der Waals surface area contributed by atoms with E-state index in [1.807, 2.05) is 29.2 Å². The van der Waals surface area contributed by atoms with Crippen LogP contribution in [-0.4, -0.2) is 53.3 Å². The van der Waals surface area contributed by atoms with Crippen LogP contribution in [0.1, 0.15) is 56.7 Å². The molecule has 0 bridgehead atoms. The van der Waals surface area contributed by atoms with Gasteiger partial charge in [0.1, 0.15) is 17.3 Å². The number of amides is 1. The van der Waals surface area contributed by atoms with Gasteiger partial charge < -0.3 is 14.2 Å². The Bertz CT molecular complexity index is 1820. The third-order valence-corrected chi connectivity index (χ3v) is 7.63. The number of halogens is 1. The van der Waals surface area contributed by atoms with Crippen LogP contribution in [0.3, 0.4) is 0 Å². The van der Waals surface area contributed by atoms with Crippen molar-refractivity contribution in [2.75, 3.05) is 6.54 Å². The molecule has 1 aliphatic carbocycles. The van der Waals surface area contributed by atoms with Crippen molar-refractivity contribution in [2.45, 2.75) is 58.0 Å². The molecule has 0 atom stereocenters. The van der Waals surface area contributed by atoms with Crippen LogP contribution in [0.5, 0.6) is 11.5 Å². The topological polar surface area (TPSA) is 129 Å². The Labute approximate surface area is 258 Å². The third kappa shape index (κ3) is 7.11. The minimum atomic E-state index is -0.586. The molecule has 2 aromatic carbocycles. The quantitative estimate of drug-likeness (QED) is 0.220. The lowest BCUT2D eigenvalue weighted by molar-refractivity contribution is -0.128. The van der Waals surface area contributed by atoms with Crippen molar-refractivity contribution in [3.63, 3.8) is 0 Å². The maximum absolute atomic E-state index is 15.0. The Morgan fingerprint density at radius 2 is 1.87 bits per heavy atom. The molecule has 5 aromatic rings. The Morgan fingerprint density at radius 3 is 2.49 bits per heavy atom. The number of carbonyl (C=O) groups is 1. The second-order valence-electron chi connectivity index (χ2n) is 11.3. The number of ether oxygens (including phenoxy) is 1. The molecule has 2 fully saturated rings. The maximum atomic E-state index is 15.0. The SMILES string of the molecule is CC(C)c1ccc(-c2ccc(Oc3cc(-c4ncno4)c(F)cc3Cn3cnccc3=O)cc2)nn1.O=C1CCCN1C1CC1. The lowest BCUT2D eigenvalue weighted by Crippen LogP contribution is -2.26. The van der Waals surface area contributed by atoms with Crippen molar-refractivity contribution < 1.29 is 18.4 Å². The molecule has 0 radical (unpaired) electrons. The van der Waals surface area contributed by atoms with E-state index < -0.39 is 5.82 Å². The molecule has 1 saturated carbocycles. The fraction of sp³-hybridized carbons (Fsp3) is 0.303. The molecular weight excluding hydrogens is 577 g/mol. The standard InChI is InChI=1S/C26H21FN6O3.C7H11NO/c1-16(2)22-7-8-23(32-31-22)17-3-5-19(6-4-17)35-24-12-20(26-29-14-30-36-26)21(27)11-18(24)13-33-15-28-10-9-25(33)34;9-7-2-1-5-8(7)6-3-4-6/h3-12,14-16H,13H2,1-2H3;6H,1-5H2. The summed E-state index contributed by atoms with van der Waals surface area (Å²) in [4.78, 5) is 33.1. The zero-order chi connectivity index (χ0) is 31.3. The van der Waals surface area contributed by atoms with Gasteiger partial charge in [0.05, 0.1) is 29.8 Å². The van der Waals surface area contributed by atoms with Crippen molar-refractivity contribution in [2.24, 2.45) is 0 Å². The summed E-state index contributed by atoms with van der Waals surface area (Å²) in [6.45, 7) is 5.21. The minimum Gasteiger partial charge on any atom is -0.457 e. The molecule has 12 heteroatoms. The number of nitrogens with zero attached hydrogens (tertiary/aromatic N) is 7. The molecule has 0 N–H and O–H groups in total. The van der Waals surface area contributed by atoms with Gasteiger partial charge in [-0.15, -0.1) is 0 Å². The van der Waals surface area contributed by atoms with Crippen molar-refractivity contribution in [3.05, 3.63) is 101 Å². The predicted molar refractivity (Wildman–Crippen MR) is 163 cm³/mol. The molecule has 0 unspecified atom stereocenters. The van der Waals surface area contributed by atoms with Gasteiger partial charge in [-0.1, -0.05) is 19.0 Å². The largest absolute Gasteiger partial charge is 0.457 e. The first-order valence-electron chi connectivity index (χ1n) is 14.9. The fourth-order valence-corrected chi connectivity index (χ4v) is 5.02. The summed E-state index contributed by atoms with van der Waals surface area (Å²) in [6, 6.07) is 15.9. The lowest BCUT2D eigenvalue weighted by atomic mass is 10.1. The molecule has 1 saturated heterocycles. The van der Waals surface area contributed by atoms with Crippen molar-refractivity contribution in [1.82, 2.24) is 34.8 Å². The second-order valence-corrected chi connectivity index (χ2v) is 11.3. The van der Waals surface area contributed by atoms with E-state index >= 15 is 0 Å². The molecular formula is C33H32FN7O4. The summed E-state index contributed by atoms with van der Waals surface area (Å²) >= 11 is 0. The lowest BCUT2D eigenvalue weighted by Gasteiger charge is -2.14.